The minimum absolute atomic E-state index is 0.629. The van der Waals surface area contributed by atoms with Crippen LogP contribution in [0.25, 0.3) is 0 Å². The lowest BCUT2D eigenvalue weighted by Gasteiger charge is -2.35. The SMILES string of the molecule is Clc1ccccc1CNc1ccnc(N2CCN(c3ccccn3)CC2)n1. The van der Waals surface area contributed by atoms with E-state index in [1.165, 1.54) is 0 Å². The predicted molar refractivity (Wildman–Crippen MR) is 109 cm³/mol. The van der Waals surface area contributed by atoms with Crippen LogP contribution in [-0.4, -0.2) is 41.1 Å². The number of halogens is 1. The molecule has 0 bridgehead atoms. The number of nitrogens with zero attached hydrogens (tertiary/aromatic N) is 5. The molecular weight excluding hydrogens is 360 g/mol. The van der Waals surface area contributed by atoms with E-state index >= 15 is 0 Å². The summed E-state index contributed by atoms with van der Waals surface area (Å²) in [5.41, 5.74) is 1.04. The van der Waals surface area contributed by atoms with Crippen LogP contribution in [0.4, 0.5) is 17.6 Å². The molecular formula is C20H21ClN6. The molecule has 1 N–H and O–H groups in total. The van der Waals surface area contributed by atoms with E-state index < -0.39 is 0 Å². The van der Waals surface area contributed by atoms with Crippen molar-refractivity contribution in [3.8, 4) is 0 Å². The maximum atomic E-state index is 6.22. The molecule has 0 amide bonds. The zero-order valence-electron chi connectivity index (χ0n) is 14.9. The highest BCUT2D eigenvalue weighted by Gasteiger charge is 2.20. The Hall–Kier alpha value is -2.86. The van der Waals surface area contributed by atoms with Crippen LogP contribution in [0.5, 0.6) is 0 Å². The van der Waals surface area contributed by atoms with E-state index in [0.29, 0.717) is 6.54 Å². The van der Waals surface area contributed by atoms with Gasteiger partial charge in [-0.3, -0.25) is 0 Å². The highest BCUT2D eigenvalue weighted by molar-refractivity contribution is 6.31. The molecule has 3 aromatic rings. The van der Waals surface area contributed by atoms with Crippen LogP contribution in [0.1, 0.15) is 5.56 Å². The van der Waals surface area contributed by atoms with Gasteiger partial charge >= 0.3 is 0 Å². The van der Waals surface area contributed by atoms with E-state index in [2.05, 4.69) is 30.1 Å². The predicted octanol–water partition coefficient (Wildman–Crippen LogP) is 3.46. The summed E-state index contributed by atoms with van der Waals surface area (Å²) in [5, 5.41) is 4.09. The van der Waals surface area contributed by atoms with Gasteiger partial charge in [0.1, 0.15) is 11.6 Å². The monoisotopic (exact) mass is 380 g/mol. The number of hydrogen-bond donors (Lipinski definition) is 1. The van der Waals surface area contributed by atoms with Gasteiger partial charge in [-0.15, -0.1) is 0 Å². The van der Waals surface area contributed by atoms with Crippen LogP contribution in [0.2, 0.25) is 5.02 Å². The number of piperazine rings is 1. The first-order valence-electron chi connectivity index (χ1n) is 9.01. The lowest BCUT2D eigenvalue weighted by molar-refractivity contribution is 0.635. The number of aromatic nitrogens is 3. The van der Waals surface area contributed by atoms with E-state index in [1.54, 1.807) is 6.20 Å². The van der Waals surface area contributed by atoms with E-state index in [9.17, 15) is 0 Å². The molecule has 6 nitrogen and oxygen atoms in total. The topological polar surface area (TPSA) is 57.2 Å². The summed E-state index contributed by atoms with van der Waals surface area (Å²) in [6.07, 6.45) is 3.63. The van der Waals surface area contributed by atoms with Crippen molar-refractivity contribution >= 4 is 29.2 Å². The molecule has 3 heterocycles. The van der Waals surface area contributed by atoms with Gasteiger partial charge in [0.2, 0.25) is 5.95 Å². The molecule has 4 rings (SSSR count). The van der Waals surface area contributed by atoms with Crippen LogP contribution in [0.15, 0.2) is 60.9 Å². The van der Waals surface area contributed by atoms with Gasteiger partial charge in [-0.25, -0.2) is 9.97 Å². The number of hydrogen-bond acceptors (Lipinski definition) is 6. The molecule has 1 saturated heterocycles. The van der Waals surface area contributed by atoms with E-state index in [1.807, 2.05) is 54.7 Å². The van der Waals surface area contributed by atoms with Gasteiger partial charge in [-0.05, 0) is 29.8 Å². The van der Waals surface area contributed by atoms with Gasteiger partial charge in [0.25, 0.3) is 0 Å². The molecule has 0 spiro atoms. The van der Waals surface area contributed by atoms with Crippen molar-refractivity contribution in [2.75, 3.05) is 41.3 Å². The number of benzene rings is 1. The molecule has 1 aromatic carbocycles. The molecule has 1 aliphatic heterocycles. The number of nitrogens with one attached hydrogen (secondary N) is 1. The smallest absolute Gasteiger partial charge is 0.227 e. The summed E-state index contributed by atoms with van der Waals surface area (Å²) >= 11 is 6.22. The Morgan fingerprint density at radius 2 is 1.63 bits per heavy atom. The average molecular weight is 381 g/mol. The van der Waals surface area contributed by atoms with Crippen LogP contribution in [-0.2, 0) is 6.54 Å². The molecule has 2 aromatic heterocycles. The Balaban J connectivity index is 1.37. The van der Waals surface area contributed by atoms with Crippen molar-refractivity contribution in [2.45, 2.75) is 6.54 Å². The summed E-state index contributed by atoms with van der Waals surface area (Å²) in [6, 6.07) is 15.7. The largest absolute Gasteiger partial charge is 0.366 e. The van der Waals surface area contributed by atoms with Crippen LogP contribution < -0.4 is 15.1 Å². The third kappa shape index (κ3) is 4.28. The molecule has 0 atom stereocenters. The molecule has 0 saturated carbocycles. The summed E-state index contributed by atoms with van der Waals surface area (Å²) in [4.78, 5) is 18.0. The van der Waals surface area contributed by atoms with Crippen molar-refractivity contribution < 1.29 is 0 Å². The van der Waals surface area contributed by atoms with Crippen molar-refractivity contribution in [3.63, 3.8) is 0 Å². The molecule has 0 radical (unpaired) electrons. The molecule has 138 valence electrons. The molecule has 0 aliphatic carbocycles. The van der Waals surface area contributed by atoms with Gasteiger partial charge in [0, 0.05) is 50.1 Å². The van der Waals surface area contributed by atoms with Crippen LogP contribution in [0, 0.1) is 0 Å². The summed E-state index contributed by atoms with van der Waals surface area (Å²) in [6.45, 7) is 4.16. The maximum Gasteiger partial charge on any atom is 0.227 e. The Labute approximate surface area is 163 Å². The molecule has 0 unspecified atom stereocenters. The fraction of sp³-hybridized carbons (Fsp3) is 0.250. The van der Waals surface area contributed by atoms with Gasteiger partial charge in [-0.2, -0.15) is 4.98 Å². The van der Waals surface area contributed by atoms with Crippen molar-refractivity contribution in [3.05, 3.63) is 71.5 Å². The van der Waals surface area contributed by atoms with Gasteiger partial charge in [0.15, 0.2) is 0 Å². The highest BCUT2D eigenvalue weighted by Crippen LogP contribution is 2.19. The first-order valence-corrected chi connectivity index (χ1v) is 9.39. The average Bonchev–Trinajstić information content (AvgIpc) is 2.74. The fourth-order valence-electron chi connectivity index (χ4n) is 3.10. The Bertz CT molecular complexity index is 880. The normalized spacial score (nSPS) is 14.3. The number of pyridine rings is 1. The third-order valence-electron chi connectivity index (χ3n) is 4.60. The second-order valence-corrected chi connectivity index (χ2v) is 6.76. The highest BCUT2D eigenvalue weighted by atomic mass is 35.5. The molecule has 1 fully saturated rings. The first-order chi connectivity index (χ1) is 13.3. The van der Waals surface area contributed by atoms with Gasteiger partial charge in [0.05, 0.1) is 0 Å². The Kier molecular flexibility index (Phi) is 5.34. The lowest BCUT2D eigenvalue weighted by atomic mass is 10.2. The minimum atomic E-state index is 0.629. The fourth-order valence-corrected chi connectivity index (χ4v) is 3.31. The quantitative estimate of drug-likeness (QED) is 0.731. The van der Waals surface area contributed by atoms with Gasteiger partial charge < -0.3 is 15.1 Å². The van der Waals surface area contributed by atoms with Crippen LogP contribution >= 0.6 is 11.6 Å². The number of anilines is 3. The standard InChI is InChI=1S/C20H21ClN6/c21-17-6-2-1-5-16(17)15-24-18-8-10-23-20(25-18)27-13-11-26(12-14-27)19-7-3-4-9-22-19/h1-10H,11-15H2,(H,23,24,25). The van der Waals surface area contributed by atoms with Crippen molar-refractivity contribution in [2.24, 2.45) is 0 Å². The maximum absolute atomic E-state index is 6.22. The molecule has 7 heteroatoms. The second kappa shape index (κ2) is 8.22. The van der Waals surface area contributed by atoms with Crippen molar-refractivity contribution in [1.82, 2.24) is 15.0 Å². The Morgan fingerprint density at radius 1 is 0.852 bits per heavy atom. The lowest BCUT2D eigenvalue weighted by Crippen LogP contribution is -2.47. The zero-order chi connectivity index (χ0) is 18.5. The minimum Gasteiger partial charge on any atom is -0.366 e. The molecule has 27 heavy (non-hydrogen) atoms. The summed E-state index contributed by atoms with van der Waals surface area (Å²) in [7, 11) is 0. The van der Waals surface area contributed by atoms with E-state index in [0.717, 1.165) is 54.3 Å². The summed E-state index contributed by atoms with van der Waals surface area (Å²) < 4.78 is 0. The second-order valence-electron chi connectivity index (χ2n) is 6.35. The number of rotatable bonds is 5. The van der Waals surface area contributed by atoms with E-state index in [4.69, 9.17) is 11.6 Å². The first kappa shape index (κ1) is 17.5. The van der Waals surface area contributed by atoms with Crippen molar-refractivity contribution in [1.29, 1.82) is 0 Å². The zero-order valence-corrected chi connectivity index (χ0v) is 15.7. The van der Waals surface area contributed by atoms with E-state index in [-0.39, 0.29) is 0 Å². The Morgan fingerprint density at radius 3 is 2.41 bits per heavy atom. The van der Waals surface area contributed by atoms with Crippen LogP contribution in [0.3, 0.4) is 0 Å². The summed E-state index contributed by atoms with van der Waals surface area (Å²) in [5.74, 6) is 2.57. The third-order valence-corrected chi connectivity index (χ3v) is 4.97. The molecule has 1 aliphatic rings. The van der Waals surface area contributed by atoms with Gasteiger partial charge in [-0.1, -0.05) is 35.9 Å².